The van der Waals surface area contributed by atoms with Gasteiger partial charge in [0.25, 0.3) is 0 Å². The van der Waals surface area contributed by atoms with E-state index in [1.807, 2.05) is 18.2 Å². The molecule has 0 saturated carbocycles. The molecule has 1 aromatic carbocycles. The average Bonchev–Trinajstić information content (AvgIpc) is 2.71. The molecule has 0 spiro atoms. The van der Waals surface area contributed by atoms with E-state index < -0.39 is 9.84 Å². The topological polar surface area (TPSA) is 52.6 Å². The molecule has 4 nitrogen and oxygen atoms in total. The van der Waals surface area contributed by atoms with E-state index in [2.05, 4.69) is 22.9 Å². The van der Waals surface area contributed by atoms with Crippen LogP contribution in [0.3, 0.4) is 0 Å². The van der Waals surface area contributed by atoms with Crippen molar-refractivity contribution in [2.24, 2.45) is 11.8 Å². The Bertz CT molecular complexity index is 629. The number of hydrogen-bond acceptors (Lipinski definition) is 4. The molecular formula is C15H19BrO4S. The lowest BCUT2D eigenvalue weighted by Crippen LogP contribution is -2.12. The fourth-order valence-electron chi connectivity index (χ4n) is 2.77. The van der Waals surface area contributed by atoms with Crippen LogP contribution >= 0.6 is 15.9 Å². The third-order valence-corrected chi connectivity index (χ3v) is 7.08. The minimum atomic E-state index is -2.86. The van der Waals surface area contributed by atoms with Gasteiger partial charge in [-0.15, -0.1) is 0 Å². The normalized spacial score (nSPS) is 28.9. The van der Waals surface area contributed by atoms with Gasteiger partial charge in [-0.2, -0.15) is 0 Å². The van der Waals surface area contributed by atoms with Crippen LogP contribution in [0.2, 0.25) is 0 Å². The summed E-state index contributed by atoms with van der Waals surface area (Å²) in [5.41, 5.74) is 1.05. The van der Waals surface area contributed by atoms with Crippen molar-refractivity contribution in [3.8, 4) is 11.5 Å². The van der Waals surface area contributed by atoms with E-state index in [9.17, 15) is 8.42 Å². The van der Waals surface area contributed by atoms with Crippen molar-refractivity contribution in [2.75, 3.05) is 24.7 Å². The minimum Gasteiger partial charge on any atom is -0.489 e. The summed E-state index contributed by atoms with van der Waals surface area (Å²) in [6, 6.07) is 5.88. The van der Waals surface area contributed by atoms with Gasteiger partial charge in [-0.05, 0) is 30.0 Å². The molecule has 0 N–H and O–H groups in total. The summed E-state index contributed by atoms with van der Waals surface area (Å²) in [4.78, 5) is 0.0318. The smallest absolute Gasteiger partial charge is 0.161 e. The molecule has 0 radical (unpaired) electrons. The highest BCUT2D eigenvalue weighted by Gasteiger charge is 2.33. The summed E-state index contributed by atoms with van der Waals surface area (Å²) in [7, 11) is -2.86. The van der Waals surface area contributed by atoms with E-state index in [0.717, 1.165) is 17.1 Å². The zero-order valence-electron chi connectivity index (χ0n) is 11.9. The first kappa shape index (κ1) is 15.2. The zero-order valence-corrected chi connectivity index (χ0v) is 14.3. The van der Waals surface area contributed by atoms with Crippen LogP contribution in [-0.4, -0.2) is 33.1 Å². The van der Waals surface area contributed by atoms with Gasteiger partial charge in [-0.3, -0.25) is 0 Å². The van der Waals surface area contributed by atoms with Crippen molar-refractivity contribution >= 4 is 25.8 Å². The molecule has 1 saturated heterocycles. The van der Waals surface area contributed by atoms with Crippen LogP contribution in [0.15, 0.2) is 18.2 Å². The van der Waals surface area contributed by atoms with Crippen molar-refractivity contribution < 1.29 is 17.9 Å². The third-order valence-electron chi connectivity index (χ3n) is 4.01. The highest BCUT2D eigenvalue weighted by molar-refractivity contribution is 9.09. The molecule has 3 unspecified atom stereocenters. The third kappa shape index (κ3) is 3.37. The average molecular weight is 375 g/mol. The van der Waals surface area contributed by atoms with Crippen molar-refractivity contribution in [1.29, 1.82) is 0 Å². The van der Waals surface area contributed by atoms with Crippen molar-refractivity contribution in [2.45, 2.75) is 18.2 Å². The van der Waals surface area contributed by atoms with Gasteiger partial charge in [0.1, 0.15) is 0 Å². The molecule has 3 rings (SSSR count). The summed E-state index contributed by atoms with van der Waals surface area (Å²) < 4.78 is 34.8. The highest BCUT2D eigenvalue weighted by Crippen LogP contribution is 2.41. The van der Waals surface area contributed by atoms with E-state index in [1.165, 1.54) is 0 Å². The number of fused-ring (bicyclic) bond motifs is 1. The molecule has 3 atom stereocenters. The Hall–Kier alpha value is -0.750. The van der Waals surface area contributed by atoms with Gasteiger partial charge in [-0.1, -0.05) is 28.9 Å². The van der Waals surface area contributed by atoms with Gasteiger partial charge in [0.15, 0.2) is 21.3 Å². The van der Waals surface area contributed by atoms with E-state index in [1.54, 1.807) is 0 Å². The number of ether oxygens (including phenoxy) is 2. The Morgan fingerprint density at radius 2 is 1.95 bits per heavy atom. The van der Waals surface area contributed by atoms with Crippen molar-refractivity contribution in [3.05, 3.63) is 23.8 Å². The lowest BCUT2D eigenvalue weighted by Gasteiger charge is -2.18. The fourth-order valence-corrected chi connectivity index (χ4v) is 5.59. The Labute approximate surface area is 133 Å². The molecule has 0 amide bonds. The van der Waals surface area contributed by atoms with Crippen LogP contribution < -0.4 is 9.47 Å². The van der Waals surface area contributed by atoms with Crippen LogP contribution in [0, 0.1) is 11.8 Å². The zero-order chi connectivity index (χ0) is 15.0. The largest absolute Gasteiger partial charge is 0.489 e. The molecule has 2 aliphatic heterocycles. The second-order valence-corrected chi connectivity index (χ2v) is 9.21. The Kier molecular flexibility index (Phi) is 4.19. The summed E-state index contributed by atoms with van der Waals surface area (Å²) in [6.45, 7) is 3.38. The quantitative estimate of drug-likeness (QED) is 0.746. The van der Waals surface area contributed by atoms with Crippen LogP contribution in [0.25, 0.3) is 0 Å². The standard InChI is InChI=1S/C15H19BrO4S/c1-10-7-19-13-3-2-11(6-14(13)20-8-10)15(16)12-4-5-21(17,18)9-12/h2-3,6,10,12,15H,4-5,7-9H2,1H3. The van der Waals surface area contributed by atoms with Crippen LogP contribution in [0.4, 0.5) is 0 Å². The van der Waals surface area contributed by atoms with Crippen LogP contribution in [0.1, 0.15) is 23.7 Å². The maximum Gasteiger partial charge on any atom is 0.161 e. The van der Waals surface area contributed by atoms with Gasteiger partial charge in [0.05, 0.1) is 24.7 Å². The Balaban J connectivity index is 1.80. The van der Waals surface area contributed by atoms with Gasteiger partial charge >= 0.3 is 0 Å². The molecule has 116 valence electrons. The number of hydrogen-bond donors (Lipinski definition) is 0. The monoisotopic (exact) mass is 374 g/mol. The first-order valence-electron chi connectivity index (χ1n) is 7.18. The predicted octanol–water partition coefficient (Wildman–Crippen LogP) is 2.96. The molecule has 1 fully saturated rings. The van der Waals surface area contributed by atoms with Crippen LogP contribution in [-0.2, 0) is 9.84 Å². The van der Waals surface area contributed by atoms with Gasteiger partial charge in [0.2, 0.25) is 0 Å². The maximum absolute atomic E-state index is 11.6. The summed E-state index contributed by atoms with van der Waals surface area (Å²) in [5, 5.41) is 0. The molecular weight excluding hydrogens is 356 g/mol. The molecule has 0 aromatic heterocycles. The SMILES string of the molecule is CC1COc2ccc(C(Br)C3CCS(=O)(=O)C3)cc2OC1. The molecule has 21 heavy (non-hydrogen) atoms. The molecule has 6 heteroatoms. The molecule has 2 heterocycles. The lowest BCUT2D eigenvalue weighted by atomic mass is 9.98. The molecule has 1 aromatic rings. The first-order chi connectivity index (χ1) is 9.94. The predicted molar refractivity (Wildman–Crippen MR) is 85.0 cm³/mol. The number of benzene rings is 1. The highest BCUT2D eigenvalue weighted by atomic mass is 79.9. The van der Waals surface area contributed by atoms with Crippen molar-refractivity contribution in [1.82, 2.24) is 0 Å². The Morgan fingerprint density at radius 3 is 2.62 bits per heavy atom. The molecule has 0 bridgehead atoms. The van der Waals surface area contributed by atoms with E-state index >= 15 is 0 Å². The number of halogens is 1. The lowest BCUT2D eigenvalue weighted by molar-refractivity contribution is 0.228. The second-order valence-electron chi connectivity index (χ2n) is 6.00. The fraction of sp³-hybridized carbons (Fsp3) is 0.600. The minimum absolute atomic E-state index is 0.0318. The summed E-state index contributed by atoms with van der Waals surface area (Å²) in [5.74, 6) is 2.55. The number of sulfone groups is 1. The summed E-state index contributed by atoms with van der Waals surface area (Å²) in [6.07, 6.45) is 0.712. The van der Waals surface area contributed by atoms with E-state index in [-0.39, 0.29) is 16.5 Å². The van der Waals surface area contributed by atoms with Gasteiger partial charge < -0.3 is 9.47 Å². The molecule has 0 aliphatic carbocycles. The number of alkyl halides is 1. The van der Waals surface area contributed by atoms with Gasteiger partial charge in [0, 0.05) is 10.7 Å². The summed E-state index contributed by atoms with van der Waals surface area (Å²) >= 11 is 3.66. The van der Waals surface area contributed by atoms with Gasteiger partial charge in [-0.25, -0.2) is 8.42 Å². The number of rotatable bonds is 2. The van der Waals surface area contributed by atoms with Crippen molar-refractivity contribution in [3.63, 3.8) is 0 Å². The van der Waals surface area contributed by atoms with E-state index in [4.69, 9.17) is 9.47 Å². The second kappa shape index (κ2) is 5.80. The Morgan fingerprint density at radius 1 is 1.24 bits per heavy atom. The first-order valence-corrected chi connectivity index (χ1v) is 9.92. The van der Waals surface area contributed by atoms with Crippen LogP contribution in [0.5, 0.6) is 11.5 Å². The maximum atomic E-state index is 11.6. The van der Waals surface area contributed by atoms with E-state index in [0.29, 0.717) is 31.3 Å². The molecule has 2 aliphatic rings.